The highest BCUT2D eigenvalue weighted by Crippen LogP contribution is 2.12. The molecule has 0 aromatic carbocycles. The molecule has 1 aliphatic heterocycles. The van der Waals surface area contributed by atoms with Crippen LogP contribution in [-0.4, -0.2) is 29.3 Å². The summed E-state index contributed by atoms with van der Waals surface area (Å²) >= 11 is 0. The maximum Gasteiger partial charge on any atom is 0.323 e. The number of aliphatic carboxylic acids is 1. The van der Waals surface area contributed by atoms with Crippen molar-refractivity contribution >= 4 is 5.97 Å². The predicted octanol–water partition coefficient (Wildman–Crippen LogP) is -0.258. The third kappa shape index (κ3) is 1.78. The van der Waals surface area contributed by atoms with Crippen LogP contribution in [0.5, 0.6) is 0 Å². The van der Waals surface area contributed by atoms with Gasteiger partial charge in [0.2, 0.25) is 0 Å². The molecule has 1 rings (SSSR count). The minimum atomic E-state index is -1.03. The smallest absolute Gasteiger partial charge is 0.323 e. The molecule has 11 heavy (non-hydrogen) atoms. The summed E-state index contributed by atoms with van der Waals surface area (Å²) in [4.78, 5) is 10.4. The Balaban J connectivity index is 2.51. The molecule has 4 nitrogen and oxygen atoms in total. The van der Waals surface area contributed by atoms with E-state index in [-0.39, 0.29) is 6.10 Å². The average Bonchev–Trinajstić information content (AvgIpc) is 2.34. The second kappa shape index (κ2) is 3.02. The van der Waals surface area contributed by atoms with Gasteiger partial charge in [0.05, 0.1) is 6.10 Å². The molecule has 3 atom stereocenters. The van der Waals surface area contributed by atoms with Gasteiger partial charge in [-0.15, -0.1) is 0 Å². The average molecular weight is 157 g/mol. The molecular weight excluding hydrogens is 146 g/mol. The molecule has 0 amide bonds. The van der Waals surface area contributed by atoms with Gasteiger partial charge in [-0.2, -0.15) is 0 Å². The van der Waals surface area contributed by atoms with Gasteiger partial charge in [-0.25, -0.2) is 0 Å². The second-order valence-electron chi connectivity index (χ2n) is 2.55. The summed E-state index contributed by atoms with van der Waals surface area (Å²) in [6, 6.07) is -0.948. The van der Waals surface area contributed by atoms with E-state index < -0.39 is 18.1 Å². The first-order valence-electron chi connectivity index (χ1n) is 3.43. The quantitative estimate of drug-likeness (QED) is 0.542. The lowest BCUT2D eigenvalue weighted by atomic mass is 10.2. The first-order chi connectivity index (χ1) is 5.11. The molecule has 62 valence electrons. The first kappa shape index (κ1) is 8.23. The van der Waals surface area contributed by atoms with E-state index in [0.29, 0.717) is 0 Å². The van der Waals surface area contributed by atoms with E-state index >= 15 is 0 Å². The predicted molar refractivity (Wildman–Crippen MR) is 39.1 cm³/mol. The van der Waals surface area contributed by atoms with E-state index in [1.807, 2.05) is 6.92 Å². The van der Waals surface area contributed by atoms with Crippen LogP contribution in [0.2, 0.25) is 0 Å². The van der Waals surface area contributed by atoms with Crippen molar-refractivity contribution in [2.45, 2.75) is 25.2 Å². The van der Waals surface area contributed by atoms with E-state index in [2.05, 4.69) is 0 Å². The summed E-state index contributed by atoms with van der Waals surface area (Å²) in [6.45, 7) is 1.84. The zero-order chi connectivity index (χ0) is 8.43. The minimum Gasteiger partial charge on any atom is -0.480 e. The summed E-state index contributed by atoms with van der Waals surface area (Å²) in [5.74, 6) is -1.03. The summed E-state index contributed by atoms with van der Waals surface area (Å²) in [5, 5.41) is 8.49. The highest BCUT2D eigenvalue weighted by Gasteiger charge is 2.27. The van der Waals surface area contributed by atoms with Crippen LogP contribution in [0, 0.1) is 0 Å². The molecule has 0 bridgehead atoms. The van der Waals surface area contributed by atoms with Crippen LogP contribution >= 0.6 is 0 Å². The maximum absolute atomic E-state index is 10.4. The topological polar surface area (TPSA) is 72.6 Å². The Morgan fingerprint density at radius 2 is 2.36 bits per heavy atom. The van der Waals surface area contributed by atoms with Crippen LogP contribution in [0.3, 0.4) is 0 Å². The van der Waals surface area contributed by atoms with Gasteiger partial charge in [-0.05, 0) is 6.92 Å². The molecule has 1 heterocycles. The molecular formula is C7H11NO3. The van der Waals surface area contributed by atoms with E-state index in [1.54, 1.807) is 12.2 Å². The molecule has 0 radical (unpaired) electrons. The van der Waals surface area contributed by atoms with Crippen molar-refractivity contribution in [2.24, 2.45) is 5.73 Å². The normalized spacial score (nSPS) is 32.2. The molecule has 0 aliphatic carbocycles. The Kier molecular flexibility index (Phi) is 2.26. The standard InChI is InChI=1S/C7H11NO3/c1-4-2-3-5(11-4)6(8)7(9)10/h2-6H,8H2,1H3,(H,9,10)/t4-,5+,6+/m1/s1. The number of carbonyl (C=O) groups is 1. The molecule has 0 fully saturated rings. The van der Waals surface area contributed by atoms with Gasteiger partial charge in [-0.1, -0.05) is 12.2 Å². The summed E-state index contributed by atoms with van der Waals surface area (Å²) in [7, 11) is 0. The lowest BCUT2D eigenvalue weighted by Crippen LogP contribution is -2.41. The Morgan fingerprint density at radius 1 is 1.73 bits per heavy atom. The SMILES string of the molecule is C[C@@H]1C=C[C@@H]([C@H](N)C(=O)O)O1. The molecule has 3 N–H and O–H groups in total. The van der Waals surface area contributed by atoms with Crippen LogP contribution in [0.4, 0.5) is 0 Å². The van der Waals surface area contributed by atoms with Crippen LogP contribution in [0.1, 0.15) is 6.92 Å². The van der Waals surface area contributed by atoms with Gasteiger partial charge in [0.15, 0.2) is 0 Å². The number of carboxylic acids is 1. The van der Waals surface area contributed by atoms with E-state index in [9.17, 15) is 4.79 Å². The van der Waals surface area contributed by atoms with Crippen molar-refractivity contribution in [1.82, 2.24) is 0 Å². The molecule has 0 aromatic heterocycles. The van der Waals surface area contributed by atoms with Gasteiger partial charge < -0.3 is 15.6 Å². The van der Waals surface area contributed by atoms with Gasteiger partial charge in [0.1, 0.15) is 12.1 Å². The maximum atomic E-state index is 10.4. The van der Waals surface area contributed by atoms with E-state index in [0.717, 1.165) is 0 Å². The van der Waals surface area contributed by atoms with Gasteiger partial charge >= 0.3 is 5.97 Å². The van der Waals surface area contributed by atoms with Crippen molar-refractivity contribution in [2.75, 3.05) is 0 Å². The first-order valence-corrected chi connectivity index (χ1v) is 3.43. The van der Waals surface area contributed by atoms with Crippen LogP contribution in [0.25, 0.3) is 0 Å². The fraction of sp³-hybridized carbons (Fsp3) is 0.571. The van der Waals surface area contributed by atoms with Gasteiger partial charge in [-0.3, -0.25) is 4.79 Å². The number of nitrogens with two attached hydrogens (primary N) is 1. The lowest BCUT2D eigenvalue weighted by molar-refractivity contribution is -0.141. The lowest BCUT2D eigenvalue weighted by Gasteiger charge is -2.14. The Morgan fingerprint density at radius 3 is 2.73 bits per heavy atom. The van der Waals surface area contributed by atoms with Crippen molar-refractivity contribution in [3.63, 3.8) is 0 Å². The molecule has 0 spiro atoms. The Hall–Kier alpha value is -0.870. The molecule has 0 aromatic rings. The molecule has 1 aliphatic rings. The monoisotopic (exact) mass is 157 g/mol. The van der Waals surface area contributed by atoms with Crippen molar-refractivity contribution in [3.05, 3.63) is 12.2 Å². The second-order valence-corrected chi connectivity index (χ2v) is 2.55. The highest BCUT2D eigenvalue weighted by atomic mass is 16.5. The molecule has 4 heteroatoms. The van der Waals surface area contributed by atoms with E-state index in [1.165, 1.54) is 0 Å². The van der Waals surface area contributed by atoms with Crippen molar-refractivity contribution < 1.29 is 14.6 Å². The fourth-order valence-corrected chi connectivity index (χ4v) is 0.949. The van der Waals surface area contributed by atoms with Gasteiger partial charge in [0.25, 0.3) is 0 Å². The highest BCUT2D eigenvalue weighted by molar-refractivity contribution is 5.74. The number of carboxylic acid groups (broad SMARTS) is 1. The zero-order valence-corrected chi connectivity index (χ0v) is 6.23. The summed E-state index contributed by atoms with van der Waals surface area (Å²) in [5.41, 5.74) is 5.31. The van der Waals surface area contributed by atoms with Crippen LogP contribution in [-0.2, 0) is 9.53 Å². The Labute approximate surface area is 64.6 Å². The minimum absolute atomic E-state index is 0.0228. The number of hydrogen-bond acceptors (Lipinski definition) is 3. The Bertz CT molecular complexity index is 190. The molecule has 0 unspecified atom stereocenters. The molecule has 0 saturated carbocycles. The number of rotatable bonds is 2. The van der Waals surface area contributed by atoms with Crippen molar-refractivity contribution in [3.8, 4) is 0 Å². The number of ether oxygens (including phenoxy) is 1. The van der Waals surface area contributed by atoms with Crippen molar-refractivity contribution in [1.29, 1.82) is 0 Å². The van der Waals surface area contributed by atoms with Gasteiger partial charge in [0, 0.05) is 0 Å². The third-order valence-electron chi connectivity index (χ3n) is 1.58. The van der Waals surface area contributed by atoms with Crippen LogP contribution in [0.15, 0.2) is 12.2 Å². The summed E-state index contributed by atoms with van der Waals surface area (Å²) < 4.78 is 5.17. The fourth-order valence-electron chi connectivity index (χ4n) is 0.949. The number of hydrogen-bond donors (Lipinski definition) is 2. The molecule has 0 saturated heterocycles. The van der Waals surface area contributed by atoms with Crippen LogP contribution < -0.4 is 5.73 Å². The largest absolute Gasteiger partial charge is 0.480 e. The van der Waals surface area contributed by atoms with E-state index in [4.69, 9.17) is 15.6 Å². The summed E-state index contributed by atoms with van der Waals surface area (Å²) in [6.07, 6.45) is 2.99. The zero-order valence-electron chi connectivity index (χ0n) is 6.23. The third-order valence-corrected chi connectivity index (χ3v) is 1.58.